The van der Waals surface area contributed by atoms with Gasteiger partial charge in [0.2, 0.25) is 0 Å². The molecular formula is C11H24N2O. The van der Waals surface area contributed by atoms with Crippen molar-refractivity contribution in [2.24, 2.45) is 0 Å². The van der Waals surface area contributed by atoms with Crippen LogP contribution in [0.15, 0.2) is 0 Å². The van der Waals surface area contributed by atoms with E-state index in [9.17, 15) is 0 Å². The Bertz CT molecular complexity index is 135. The van der Waals surface area contributed by atoms with Crippen LogP contribution in [0, 0.1) is 0 Å². The summed E-state index contributed by atoms with van der Waals surface area (Å²) in [6.45, 7) is 8.20. The number of piperidine rings is 1. The molecule has 1 saturated heterocycles. The van der Waals surface area contributed by atoms with Gasteiger partial charge in [0, 0.05) is 25.7 Å². The molecule has 0 aliphatic carbocycles. The highest BCUT2D eigenvalue weighted by molar-refractivity contribution is 4.74. The maximum absolute atomic E-state index is 5.45. The van der Waals surface area contributed by atoms with Gasteiger partial charge in [0.1, 0.15) is 0 Å². The Kier molecular flexibility index (Phi) is 6.15. The second-order valence-corrected chi connectivity index (χ2v) is 4.07. The lowest BCUT2D eigenvalue weighted by atomic mass is 10.1. The van der Waals surface area contributed by atoms with E-state index in [1.807, 2.05) is 6.92 Å². The predicted molar refractivity (Wildman–Crippen MR) is 59.6 cm³/mol. The van der Waals surface area contributed by atoms with Crippen LogP contribution in [0.4, 0.5) is 0 Å². The molecule has 0 radical (unpaired) electrons. The third-order valence-electron chi connectivity index (χ3n) is 2.69. The third-order valence-corrected chi connectivity index (χ3v) is 2.69. The minimum Gasteiger partial charge on any atom is -0.377 e. The molecule has 0 spiro atoms. The van der Waals surface area contributed by atoms with Crippen LogP contribution in [-0.4, -0.2) is 38.4 Å². The first-order chi connectivity index (χ1) is 6.83. The van der Waals surface area contributed by atoms with Crippen LogP contribution >= 0.6 is 0 Å². The molecule has 0 aromatic rings. The summed E-state index contributed by atoms with van der Waals surface area (Å²) < 4.78 is 5.45. The zero-order valence-electron chi connectivity index (χ0n) is 9.51. The first-order valence-corrected chi connectivity index (χ1v) is 5.88. The van der Waals surface area contributed by atoms with Crippen molar-refractivity contribution in [2.75, 3.05) is 26.2 Å². The number of nitrogens with one attached hydrogen (secondary N) is 2. The summed E-state index contributed by atoms with van der Waals surface area (Å²) in [4.78, 5) is 0. The van der Waals surface area contributed by atoms with Crippen LogP contribution < -0.4 is 10.6 Å². The number of ether oxygens (including phenoxy) is 1. The molecule has 3 heteroatoms. The maximum atomic E-state index is 5.45. The van der Waals surface area contributed by atoms with Gasteiger partial charge in [-0.25, -0.2) is 0 Å². The van der Waals surface area contributed by atoms with Crippen LogP contribution in [0.1, 0.15) is 33.1 Å². The first-order valence-electron chi connectivity index (χ1n) is 5.88. The fourth-order valence-corrected chi connectivity index (χ4v) is 1.90. The predicted octanol–water partition coefficient (Wildman–Crippen LogP) is 1.14. The minimum absolute atomic E-state index is 0.337. The van der Waals surface area contributed by atoms with E-state index in [1.165, 1.54) is 25.8 Å². The molecule has 1 aliphatic heterocycles. The van der Waals surface area contributed by atoms with Gasteiger partial charge in [-0.05, 0) is 33.2 Å². The van der Waals surface area contributed by atoms with E-state index in [2.05, 4.69) is 17.6 Å². The smallest absolute Gasteiger partial charge is 0.0671 e. The SMILES string of the molecule is CCOC(C)CNCC1CCCCN1. The monoisotopic (exact) mass is 200 g/mol. The first kappa shape index (κ1) is 12.0. The van der Waals surface area contributed by atoms with E-state index >= 15 is 0 Å². The van der Waals surface area contributed by atoms with E-state index in [0.29, 0.717) is 12.1 Å². The highest BCUT2D eigenvalue weighted by Gasteiger charge is 2.11. The quantitative estimate of drug-likeness (QED) is 0.674. The number of rotatable bonds is 6. The van der Waals surface area contributed by atoms with Gasteiger partial charge < -0.3 is 15.4 Å². The van der Waals surface area contributed by atoms with Crippen molar-refractivity contribution in [3.05, 3.63) is 0 Å². The van der Waals surface area contributed by atoms with Gasteiger partial charge in [-0.15, -0.1) is 0 Å². The lowest BCUT2D eigenvalue weighted by Gasteiger charge is -2.24. The summed E-state index contributed by atoms with van der Waals surface area (Å²) >= 11 is 0. The molecule has 0 amide bonds. The molecular weight excluding hydrogens is 176 g/mol. The third kappa shape index (κ3) is 4.94. The minimum atomic E-state index is 0.337. The summed E-state index contributed by atoms with van der Waals surface area (Å²) in [5.41, 5.74) is 0. The zero-order valence-corrected chi connectivity index (χ0v) is 9.51. The van der Waals surface area contributed by atoms with E-state index in [4.69, 9.17) is 4.74 Å². The van der Waals surface area contributed by atoms with Crippen molar-refractivity contribution in [3.63, 3.8) is 0 Å². The highest BCUT2D eigenvalue weighted by Crippen LogP contribution is 2.05. The normalized spacial score (nSPS) is 24.9. The molecule has 0 aromatic heterocycles. The average Bonchev–Trinajstić information content (AvgIpc) is 2.20. The van der Waals surface area contributed by atoms with Crippen molar-refractivity contribution in [1.29, 1.82) is 0 Å². The van der Waals surface area contributed by atoms with Gasteiger partial charge in [-0.2, -0.15) is 0 Å². The zero-order chi connectivity index (χ0) is 10.2. The van der Waals surface area contributed by atoms with E-state index in [0.717, 1.165) is 19.7 Å². The van der Waals surface area contributed by atoms with Crippen molar-refractivity contribution < 1.29 is 4.74 Å². The van der Waals surface area contributed by atoms with Crippen LogP contribution in [0.5, 0.6) is 0 Å². The van der Waals surface area contributed by atoms with Crippen LogP contribution in [-0.2, 0) is 4.74 Å². The lowest BCUT2D eigenvalue weighted by molar-refractivity contribution is 0.0756. The van der Waals surface area contributed by atoms with Crippen LogP contribution in [0.25, 0.3) is 0 Å². The Morgan fingerprint density at radius 2 is 2.36 bits per heavy atom. The van der Waals surface area contributed by atoms with E-state index in [-0.39, 0.29) is 0 Å². The van der Waals surface area contributed by atoms with Gasteiger partial charge in [-0.3, -0.25) is 0 Å². The van der Waals surface area contributed by atoms with Crippen molar-refractivity contribution >= 4 is 0 Å². The molecule has 84 valence electrons. The second-order valence-electron chi connectivity index (χ2n) is 4.07. The Morgan fingerprint density at radius 1 is 1.50 bits per heavy atom. The molecule has 1 rings (SSSR count). The van der Waals surface area contributed by atoms with Gasteiger partial charge in [-0.1, -0.05) is 6.42 Å². The Balaban J connectivity index is 1.96. The molecule has 2 N–H and O–H groups in total. The Labute approximate surface area is 87.6 Å². The molecule has 0 bridgehead atoms. The van der Waals surface area contributed by atoms with Crippen molar-refractivity contribution in [2.45, 2.75) is 45.3 Å². The molecule has 3 nitrogen and oxygen atoms in total. The van der Waals surface area contributed by atoms with Gasteiger partial charge in [0.05, 0.1) is 6.10 Å². The Hall–Kier alpha value is -0.120. The summed E-state index contributed by atoms with van der Waals surface area (Å²) in [6, 6.07) is 0.678. The summed E-state index contributed by atoms with van der Waals surface area (Å²) in [5, 5.41) is 6.97. The molecule has 2 unspecified atom stereocenters. The van der Waals surface area contributed by atoms with Gasteiger partial charge >= 0.3 is 0 Å². The average molecular weight is 200 g/mol. The summed E-state index contributed by atoms with van der Waals surface area (Å²) in [5.74, 6) is 0. The summed E-state index contributed by atoms with van der Waals surface area (Å²) in [7, 11) is 0. The number of hydrogen-bond acceptors (Lipinski definition) is 3. The molecule has 2 atom stereocenters. The maximum Gasteiger partial charge on any atom is 0.0671 e. The van der Waals surface area contributed by atoms with E-state index < -0.39 is 0 Å². The standard InChI is InChI=1S/C11H24N2O/c1-3-14-10(2)8-12-9-11-6-4-5-7-13-11/h10-13H,3-9H2,1-2H3. The van der Waals surface area contributed by atoms with Crippen molar-refractivity contribution in [1.82, 2.24) is 10.6 Å². The van der Waals surface area contributed by atoms with Crippen LogP contribution in [0.3, 0.4) is 0 Å². The van der Waals surface area contributed by atoms with Gasteiger partial charge in [0.15, 0.2) is 0 Å². The largest absolute Gasteiger partial charge is 0.377 e. The summed E-state index contributed by atoms with van der Waals surface area (Å²) in [6.07, 6.45) is 4.37. The molecule has 1 heterocycles. The fraction of sp³-hybridized carbons (Fsp3) is 1.00. The number of hydrogen-bond donors (Lipinski definition) is 2. The van der Waals surface area contributed by atoms with Gasteiger partial charge in [0.25, 0.3) is 0 Å². The molecule has 1 fully saturated rings. The lowest BCUT2D eigenvalue weighted by Crippen LogP contribution is -2.43. The molecule has 1 aliphatic rings. The van der Waals surface area contributed by atoms with Crippen LogP contribution in [0.2, 0.25) is 0 Å². The molecule has 0 saturated carbocycles. The second kappa shape index (κ2) is 7.21. The topological polar surface area (TPSA) is 33.3 Å². The van der Waals surface area contributed by atoms with E-state index in [1.54, 1.807) is 0 Å². The van der Waals surface area contributed by atoms with Crippen molar-refractivity contribution in [3.8, 4) is 0 Å². The fourth-order valence-electron chi connectivity index (χ4n) is 1.90. The highest BCUT2D eigenvalue weighted by atomic mass is 16.5. The Morgan fingerprint density at radius 3 is 3.00 bits per heavy atom. The molecule has 0 aromatic carbocycles. The molecule has 14 heavy (non-hydrogen) atoms.